The summed E-state index contributed by atoms with van der Waals surface area (Å²) in [5.41, 5.74) is 1.88. The first kappa shape index (κ1) is 20.3. The van der Waals surface area contributed by atoms with Crippen molar-refractivity contribution in [3.05, 3.63) is 83.9 Å². The van der Waals surface area contributed by atoms with Gasteiger partial charge in [-0.1, -0.05) is 42.5 Å². The quantitative estimate of drug-likeness (QED) is 0.558. The van der Waals surface area contributed by atoms with Crippen LogP contribution in [0, 0.1) is 5.82 Å². The van der Waals surface area contributed by atoms with E-state index >= 15 is 0 Å². The van der Waals surface area contributed by atoms with Crippen LogP contribution >= 0.6 is 0 Å². The van der Waals surface area contributed by atoms with Gasteiger partial charge in [-0.25, -0.2) is 4.39 Å². The van der Waals surface area contributed by atoms with E-state index in [9.17, 15) is 14.0 Å². The van der Waals surface area contributed by atoms with E-state index in [1.54, 1.807) is 12.1 Å². The van der Waals surface area contributed by atoms with Crippen molar-refractivity contribution >= 4 is 11.9 Å². The number of esters is 1. The summed E-state index contributed by atoms with van der Waals surface area (Å²) < 4.78 is 23.6. The molecule has 29 heavy (non-hydrogen) atoms. The molecular weight excluding hydrogens is 373 g/mol. The molecule has 0 spiro atoms. The summed E-state index contributed by atoms with van der Waals surface area (Å²) in [6.45, 7) is 0.0619. The third-order valence-electron chi connectivity index (χ3n) is 4.31. The third-order valence-corrected chi connectivity index (χ3v) is 4.31. The molecule has 1 heterocycles. The summed E-state index contributed by atoms with van der Waals surface area (Å²) in [6, 6.07) is 19.5. The van der Waals surface area contributed by atoms with Gasteiger partial charge in [-0.15, -0.1) is 0 Å². The molecule has 5 nitrogen and oxygen atoms in total. The second kappa shape index (κ2) is 10.2. The molecule has 1 N–H and O–H groups in total. The Balaban J connectivity index is 1.33. The number of carbonyl (C=O) groups excluding carboxylic acids is 2. The second-order valence-corrected chi connectivity index (χ2v) is 6.52. The van der Waals surface area contributed by atoms with Gasteiger partial charge in [0.15, 0.2) is 6.61 Å². The van der Waals surface area contributed by atoms with Crippen molar-refractivity contribution in [2.45, 2.75) is 19.3 Å². The van der Waals surface area contributed by atoms with Gasteiger partial charge >= 0.3 is 5.97 Å². The number of hydrogen-bond donors (Lipinski definition) is 1. The Hall–Kier alpha value is -3.41. The number of benzene rings is 2. The number of rotatable bonds is 9. The summed E-state index contributed by atoms with van der Waals surface area (Å²) in [5, 5.41) is 2.67. The van der Waals surface area contributed by atoms with Crippen LogP contribution in [0.2, 0.25) is 0 Å². The fraction of sp³-hybridized carbons (Fsp3) is 0.217. The number of nitrogens with one attached hydrogen (secondary N) is 1. The molecule has 0 unspecified atom stereocenters. The lowest BCUT2D eigenvalue weighted by Crippen LogP contribution is -2.30. The van der Waals surface area contributed by atoms with Gasteiger partial charge in [0, 0.05) is 18.5 Å². The monoisotopic (exact) mass is 395 g/mol. The molecule has 0 bridgehead atoms. The van der Waals surface area contributed by atoms with E-state index in [2.05, 4.69) is 5.32 Å². The number of aryl methyl sites for hydroxylation is 1. The molecule has 0 aliphatic rings. The lowest BCUT2D eigenvalue weighted by molar-refractivity contribution is -0.148. The highest BCUT2D eigenvalue weighted by Gasteiger charge is 2.10. The predicted octanol–water partition coefficient (Wildman–Crippen LogP) is 3.92. The van der Waals surface area contributed by atoms with E-state index < -0.39 is 5.97 Å². The van der Waals surface area contributed by atoms with Crippen LogP contribution in [0.5, 0.6) is 0 Å². The molecule has 0 aliphatic carbocycles. The molecule has 0 saturated carbocycles. The Kier molecular flexibility index (Phi) is 7.16. The minimum absolute atomic E-state index is 0.130. The van der Waals surface area contributed by atoms with Gasteiger partial charge in [0.2, 0.25) is 0 Å². The Bertz CT molecular complexity index is 935. The molecule has 1 amide bonds. The third kappa shape index (κ3) is 6.60. The fourth-order valence-corrected chi connectivity index (χ4v) is 2.76. The molecule has 0 fully saturated rings. The number of amides is 1. The molecule has 0 atom stereocenters. The molecule has 3 aromatic rings. The van der Waals surface area contributed by atoms with Gasteiger partial charge in [0.05, 0.1) is 6.42 Å². The normalized spacial score (nSPS) is 10.5. The number of hydrogen-bond acceptors (Lipinski definition) is 4. The lowest BCUT2D eigenvalue weighted by Gasteiger charge is -2.06. The maximum atomic E-state index is 12.8. The Morgan fingerprint density at radius 3 is 2.45 bits per heavy atom. The summed E-state index contributed by atoms with van der Waals surface area (Å²) >= 11 is 0. The molecule has 0 saturated heterocycles. The standard InChI is InChI=1S/C23H22FNO4/c24-19-8-6-17(7-9-19)14-15-25-22(26)16-28-23(27)13-11-20-10-12-21(29-20)18-4-2-1-3-5-18/h1-10,12H,11,13-16H2,(H,25,26). The van der Waals surface area contributed by atoms with E-state index in [-0.39, 0.29) is 24.8 Å². The first-order valence-electron chi connectivity index (χ1n) is 9.41. The Morgan fingerprint density at radius 2 is 1.69 bits per heavy atom. The van der Waals surface area contributed by atoms with Gasteiger partial charge in [-0.3, -0.25) is 9.59 Å². The zero-order valence-electron chi connectivity index (χ0n) is 15.9. The fourth-order valence-electron chi connectivity index (χ4n) is 2.76. The van der Waals surface area contributed by atoms with Crippen molar-refractivity contribution in [2.24, 2.45) is 0 Å². The summed E-state index contributed by atoms with van der Waals surface area (Å²) in [4.78, 5) is 23.6. The van der Waals surface area contributed by atoms with Crippen molar-refractivity contribution in [1.82, 2.24) is 5.32 Å². The van der Waals surface area contributed by atoms with Gasteiger partial charge in [-0.2, -0.15) is 0 Å². The smallest absolute Gasteiger partial charge is 0.306 e. The number of furan rings is 1. The van der Waals surface area contributed by atoms with Gasteiger partial charge in [-0.05, 0) is 36.2 Å². The van der Waals surface area contributed by atoms with E-state index in [1.165, 1.54) is 12.1 Å². The minimum atomic E-state index is -0.462. The molecule has 6 heteroatoms. The average Bonchev–Trinajstić information content (AvgIpc) is 3.22. The minimum Gasteiger partial charge on any atom is -0.461 e. The van der Waals surface area contributed by atoms with Crippen molar-refractivity contribution in [3.8, 4) is 11.3 Å². The van der Waals surface area contributed by atoms with Gasteiger partial charge < -0.3 is 14.5 Å². The van der Waals surface area contributed by atoms with Crippen LogP contribution in [-0.2, 0) is 27.2 Å². The van der Waals surface area contributed by atoms with E-state index in [1.807, 2.05) is 42.5 Å². The summed E-state index contributed by atoms with van der Waals surface area (Å²) in [6.07, 6.45) is 1.10. The highest BCUT2D eigenvalue weighted by Crippen LogP contribution is 2.22. The molecule has 2 aromatic carbocycles. The van der Waals surface area contributed by atoms with Gasteiger partial charge in [0.1, 0.15) is 17.3 Å². The van der Waals surface area contributed by atoms with Crippen LogP contribution in [0.25, 0.3) is 11.3 Å². The second-order valence-electron chi connectivity index (χ2n) is 6.52. The molecule has 0 aliphatic heterocycles. The molecule has 1 aromatic heterocycles. The Labute approximate surface area is 168 Å². The number of halogens is 1. The van der Waals surface area contributed by atoms with Crippen molar-refractivity contribution in [1.29, 1.82) is 0 Å². The maximum Gasteiger partial charge on any atom is 0.306 e. The molecule has 3 rings (SSSR count). The van der Waals surface area contributed by atoms with E-state index in [0.717, 1.165) is 16.9 Å². The zero-order valence-corrected chi connectivity index (χ0v) is 15.9. The summed E-state index contributed by atoms with van der Waals surface area (Å²) in [7, 11) is 0. The molecule has 0 radical (unpaired) electrons. The van der Waals surface area contributed by atoms with Crippen LogP contribution in [0.1, 0.15) is 17.7 Å². The van der Waals surface area contributed by atoms with Crippen LogP contribution in [0.3, 0.4) is 0 Å². The number of ether oxygens (including phenoxy) is 1. The molecule has 150 valence electrons. The average molecular weight is 395 g/mol. The SMILES string of the molecule is O=C(COC(=O)CCc1ccc(-c2ccccc2)o1)NCCc1ccc(F)cc1. The number of carbonyl (C=O) groups is 2. The van der Waals surface area contributed by atoms with Crippen molar-refractivity contribution in [3.63, 3.8) is 0 Å². The van der Waals surface area contributed by atoms with Crippen LogP contribution in [0.4, 0.5) is 4.39 Å². The van der Waals surface area contributed by atoms with Crippen LogP contribution in [-0.4, -0.2) is 25.0 Å². The van der Waals surface area contributed by atoms with E-state index in [4.69, 9.17) is 9.15 Å². The largest absolute Gasteiger partial charge is 0.461 e. The van der Waals surface area contributed by atoms with Crippen molar-refractivity contribution in [2.75, 3.05) is 13.2 Å². The predicted molar refractivity (Wildman–Crippen MR) is 107 cm³/mol. The lowest BCUT2D eigenvalue weighted by atomic mass is 10.1. The van der Waals surface area contributed by atoms with Gasteiger partial charge in [0.25, 0.3) is 5.91 Å². The first-order chi connectivity index (χ1) is 14.1. The first-order valence-corrected chi connectivity index (χ1v) is 9.41. The zero-order chi connectivity index (χ0) is 20.5. The highest BCUT2D eigenvalue weighted by atomic mass is 19.1. The summed E-state index contributed by atoms with van der Waals surface area (Å²) in [5.74, 6) is 0.302. The topological polar surface area (TPSA) is 68.5 Å². The van der Waals surface area contributed by atoms with E-state index in [0.29, 0.717) is 25.1 Å². The van der Waals surface area contributed by atoms with Crippen LogP contribution < -0.4 is 5.32 Å². The maximum absolute atomic E-state index is 12.8. The Morgan fingerprint density at radius 1 is 0.931 bits per heavy atom. The molecular formula is C23H22FNO4. The highest BCUT2D eigenvalue weighted by molar-refractivity contribution is 5.80. The van der Waals surface area contributed by atoms with Crippen molar-refractivity contribution < 1.29 is 23.1 Å². The van der Waals surface area contributed by atoms with Crippen LogP contribution in [0.15, 0.2) is 71.1 Å².